The quantitative estimate of drug-likeness (QED) is 0.164. The van der Waals surface area contributed by atoms with Crippen LogP contribution in [0, 0.1) is 98.6 Å². The second-order valence-electron chi connectivity index (χ2n) is 31.8. The number of carbonyl (C=O) groups is 4. The molecule has 488 valence electrons. The van der Waals surface area contributed by atoms with Gasteiger partial charge in [0.2, 0.25) is 0 Å². The first-order valence-electron chi connectivity index (χ1n) is 33.6. The summed E-state index contributed by atoms with van der Waals surface area (Å²) < 4.78 is 79.4. The van der Waals surface area contributed by atoms with Gasteiger partial charge < -0.3 is 29.2 Å². The molecule has 8 saturated carbocycles. The summed E-state index contributed by atoms with van der Waals surface area (Å²) in [6.45, 7) is 24.2. The predicted molar refractivity (Wildman–Crippen MR) is 333 cm³/mol. The zero-order chi connectivity index (χ0) is 63.5. The maximum absolute atomic E-state index is 13.1. The first-order chi connectivity index (χ1) is 41.2. The van der Waals surface area contributed by atoms with Gasteiger partial charge in [0.1, 0.15) is 34.3 Å². The van der Waals surface area contributed by atoms with Gasteiger partial charge in [0.05, 0.1) is 35.2 Å². The van der Waals surface area contributed by atoms with Gasteiger partial charge in [-0.05, 0) is 270 Å². The van der Waals surface area contributed by atoms with E-state index in [1.807, 2.05) is 27.7 Å². The van der Waals surface area contributed by atoms with Crippen LogP contribution in [0.2, 0.25) is 0 Å². The molecular weight excluding hydrogens is 1160 g/mol. The number of aliphatic hydroxyl groups is 2. The maximum Gasteiger partial charge on any atom is 0.421 e. The topological polar surface area (TPSA) is 238 Å². The van der Waals surface area contributed by atoms with Gasteiger partial charge in [-0.1, -0.05) is 54.9 Å². The summed E-state index contributed by atoms with van der Waals surface area (Å²) in [5, 5.41) is 23.3. The molecule has 2 amide bonds. The van der Waals surface area contributed by atoms with Crippen LogP contribution < -0.4 is 18.9 Å². The summed E-state index contributed by atoms with van der Waals surface area (Å²) >= 11 is 0. The first-order valence-corrected chi connectivity index (χ1v) is 36.6. The SMILES string of the molecule is CC[C@H]1[C@@H](O)[C@@H]2[C@H](CC[C@]3(C)[C@@H]([C@H](C)COC(=O)NS(=O)(=O)c4ccc5c(c4)CCC(C)(C)O5)CC[C@@H]23)[C@@]2(C)CCC(=O)C[C@@H]12.C[C@H](COC(=O)NS(=O)(=O)c1ccc2c(c1)CCC(C)(C)O2)[C@H]1CC[C@H]2[C@@H]3[C@H](O)C[C@@H]4CC(=O)CC[C@]4(C)[C@H]3CC[C@]12C. The lowest BCUT2D eigenvalue weighted by molar-refractivity contribution is -0.195. The molecule has 8 fully saturated rings. The van der Waals surface area contributed by atoms with E-state index in [0.29, 0.717) is 97.1 Å². The van der Waals surface area contributed by atoms with Crippen molar-refractivity contribution < 1.29 is 65.2 Å². The molecule has 2 aromatic rings. The standard InChI is InChI=1S/C36H53NO7S.C34H49NO7S/c1-7-25-29-19-23(38)13-16-36(29,6)28-14-17-35(5)26(9-10-27(35)31(28)32(25)39)21(2)20-43-33(40)37-45(41,42)24-8-11-30-22(18-24)12-15-34(3,4)44-30;1-20(19-41-31(38)35-43(39,40)24-6-9-29-21(16-24)10-13-32(2,3)42-29)25-7-8-26-30-27(12-15-34(25,26)5)33(4)14-11-23(36)17-22(33)18-28(30)37/h8,11,18,21,25-29,31-32,39H,7,9-10,12-17,19-20H2,1-6H3,(H,37,40);6,9,16,20,22,25-28,30,37H,7-8,10-15,17-19H2,1-5H3,(H,35,38)/t21-,25-,26-,27+,28+,29+,31+,32-,35-,36-;20-,22+,25-,26+,27+,28-,30+,33+,34-/m11/s1. The highest BCUT2D eigenvalue weighted by Crippen LogP contribution is 2.71. The Morgan fingerprint density at radius 2 is 1.01 bits per heavy atom. The molecule has 2 aliphatic heterocycles. The minimum absolute atomic E-state index is 0.0131. The summed E-state index contributed by atoms with van der Waals surface area (Å²) in [6.07, 6.45) is 14.7. The number of hydrogen-bond acceptors (Lipinski definition) is 14. The van der Waals surface area contributed by atoms with E-state index < -0.39 is 38.3 Å². The third-order valence-corrected chi connectivity index (χ3v) is 28.7. The number of hydrogen-bond donors (Lipinski definition) is 4. The highest BCUT2D eigenvalue weighted by Gasteiger charge is 2.66. The first kappa shape index (κ1) is 65.2. The van der Waals surface area contributed by atoms with Gasteiger partial charge in [0, 0.05) is 25.7 Å². The van der Waals surface area contributed by atoms with E-state index >= 15 is 0 Å². The van der Waals surface area contributed by atoms with E-state index in [4.69, 9.17) is 18.9 Å². The molecule has 18 heteroatoms. The minimum Gasteiger partial charge on any atom is -0.488 e. The number of carbonyl (C=O) groups excluding carboxylic acids is 4. The number of amides is 2. The molecule has 0 aromatic heterocycles. The fourth-order valence-electron chi connectivity index (χ4n) is 21.4. The number of ketones is 2. The molecular formula is C70H102N2O14S2. The lowest BCUT2D eigenvalue weighted by Crippen LogP contribution is -2.62. The number of aliphatic hydroxyl groups excluding tert-OH is 2. The molecule has 0 spiro atoms. The maximum atomic E-state index is 13.1. The van der Waals surface area contributed by atoms with Gasteiger partial charge in [-0.15, -0.1) is 0 Å². The van der Waals surface area contributed by atoms with Crippen LogP contribution in [0.25, 0.3) is 0 Å². The van der Waals surface area contributed by atoms with Gasteiger partial charge in [0.15, 0.2) is 0 Å². The Kier molecular flexibility index (Phi) is 17.6. The molecule has 0 bridgehead atoms. The number of benzene rings is 2. The number of fused-ring (bicyclic) bond motifs is 12. The summed E-state index contributed by atoms with van der Waals surface area (Å²) in [5.74, 6) is 5.62. The van der Waals surface area contributed by atoms with E-state index in [-0.39, 0.29) is 103 Å². The number of rotatable bonds is 11. The Morgan fingerprint density at radius 3 is 1.50 bits per heavy atom. The monoisotopic (exact) mass is 1260 g/mol. The predicted octanol–water partition coefficient (Wildman–Crippen LogP) is 12.7. The Morgan fingerprint density at radius 1 is 0.568 bits per heavy atom. The van der Waals surface area contributed by atoms with Crippen molar-refractivity contribution in [2.45, 2.75) is 238 Å². The normalized spacial score (nSPS) is 39.1. The van der Waals surface area contributed by atoms with E-state index in [2.05, 4.69) is 57.9 Å². The number of nitrogens with one attached hydrogen (secondary N) is 2. The summed E-state index contributed by atoms with van der Waals surface area (Å²) in [4.78, 5) is 50.3. The second kappa shape index (κ2) is 23.7. The molecule has 0 saturated heterocycles. The number of sulfonamides is 2. The third kappa shape index (κ3) is 11.9. The van der Waals surface area contributed by atoms with Gasteiger partial charge in [-0.3, -0.25) is 9.59 Å². The molecule has 16 nitrogen and oxygen atoms in total. The van der Waals surface area contributed by atoms with Crippen LogP contribution in [-0.2, 0) is 52.0 Å². The zero-order valence-electron chi connectivity index (χ0n) is 54.3. The van der Waals surface area contributed by atoms with E-state index in [1.54, 1.807) is 24.3 Å². The van der Waals surface area contributed by atoms with Crippen molar-refractivity contribution in [3.8, 4) is 11.5 Å². The van der Waals surface area contributed by atoms with Crippen molar-refractivity contribution in [1.82, 2.24) is 9.44 Å². The van der Waals surface area contributed by atoms with Crippen molar-refractivity contribution >= 4 is 43.8 Å². The summed E-state index contributed by atoms with van der Waals surface area (Å²) in [7, 11) is -8.18. The average molecular weight is 1260 g/mol. The second-order valence-corrected chi connectivity index (χ2v) is 35.2. The van der Waals surface area contributed by atoms with E-state index in [1.165, 1.54) is 12.1 Å². The molecule has 2 aromatic carbocycles. The van der Waals surface area contributed by atoms with Crippen LogP contribution in [0.15, 0.2) is 46.2 Å². The van der Waals surface area contributed by atoms with Gasteiger partial charge in [0.25, 0.3) is 20.0 Å². The summed E-state index contributed by atoms with van der Waals surface area (Å²) in [6, 6.07) is 9.39. The van der Waals surface area contributed by atoms with Gasteiger partial charge >= 0.3 is 12.2 Å². The molecule has 12 rings (SSSR count). The van der Waals surface area contributed by atoms with Crippen LogP contribution in [-0.4, -0.2) is 87.4 Å². The highest BCUT2D eigenvalue weighted by atomic mass is 32.2. The van der Waals surface area contributed by atoms with Crippen molar-refractivity contribution in [1.29, 1.82) is 0 Å². The Hall–Kier alpha value is -4.26. The number of aryl methyl sites for hydroxylation is 2. The summed E-state index contributed by atoms with van der Waals surface area (Å²) in [5.41, 5.74) is 1.29. The van der Waals surface area contributed by atoms with Crippen molar-refractivity contribution in [3.05, 3.63) is 47.5 Å². The van der Waals surface area contributed by atoms with Crippen molar-refractivity contribution in [2.24, 2.45) is 98.6 Å². The molecule has 88 heavy (non-hydrogen) atoms. The molecule has 0 unspecified atom stereocenters. The minimum atomic E-state index is -4.10. The number of ether oxygens (including phenoxy) is 4. The Bertz CT molecular complexity index is 3260. The van der Waals surface area contributed by atoms with E-state index in [9.17, 15) is 46.2 Å². The molecule has 19 atom stereocenters. The van der Waals surface area contributed by atoms with Gasteiger partial charge in [-0.25, -0.2) is 35.9 Å². The van der Waals surface area contributed by atoms with Crippen LogP contribution in [0.1, 0.15) is 203 Å². The molecule has 10 aliphatic rings. The van der Waals surface area contributed by atoms with Crippen LogP contribution in [0.3, 0.4) is 0 Å². The highest BCUT2D eigenvalue weighted by molar-refractivity contribution is 7.90. The Balaban J connectivity index is 0.000000182. The fraction of sp³-hybridized carbons (Fsp3) is 0.771. The molecule has 0 radical (unpaired) electrons. The van der Waals surface area contributed by atoms with Crippen LogP contribution in [0.5, 0.6) is 11.5 Å². The lowest BCUT2D eigenvalue weighted by atomic mass is 9.41. The van der Waals surface area contributed by atoms with Gasteiger partial charge in [-0.2, -0.15) is 0 Å². The lowest BCUT2D eigenvalue weighted by Gasteiger charge is -2.64. The van der Waals surface area contributed by atoms with Crippen LogP contribution >= 0.6 is 0 Å². The third-order valence-electron chi connectivity index (χ3n) is 26.1. The number of Topliss-reactive ketones (excluding diaryl/α,β-unsaturated/α-hetero) is 2. The molecule has 2 heterocycles. The Labute approximate surface area is 524 Å². The largest absolute Gasteiger partial charge is 0.488 e. The van der Waals surface area contributed by atoms with Crippen molar-refractivity contribution in [3.63, 3.8) is 0 Å². The van der Waals surface area contributed by atoms with Crippen molar-refractivity contribution in [2.75, 3.05) is 13.2 Å². The molecule has 4 N–H and O–H groups in total. The fourth-order valence-corrected chi connectivity index (χ4v) is 23.3. The zero-order valence-corrected chi connectivity index (χ0v) is 55.9. The van der Waals surface area contributed by atoms with E-state index in [0.717, 1.165) is 101 Å². The smallest absolute Gasteiger partial charge is 0.421 e. The molecule has 8 aliphatic carbocycles. The average Bonchev–Trinajstić information content (AvgIpc) is 1.29. The van der Waals surface area contributed by atoms with Crippen LogP contribution in [0.4, 0.5) is 9.59 Å².